The Kier molecular flexibility index (Phi) is 6.58. The minimum Gasteiger partial charge on any atom is -0.465 e. The van der Waals surface area contributed by atoms with E-state index in [1.165, 1.54) is 14.0 Å². The van der Waals surface area contributed by atoms with Crippen LogP contribution in [-0.2, 0) is 16.0 Å². The summed E-state index contributed by atoms with van der Waals surface area (Å²) in [6, 6.07) is 5.30. The number of likely N-dealkylation sites (tertiary alicyclic amines) is 1. The summed E-state index contributed by atoms with van der Waals surface area (Å²) in [7, 11) is 1.25. The molecule has 0 unspecified atom stereocenters. The third-order valence-electron chi connectivity index (χ3n) is 5.56. The number of aryl methyl sites for hydroxylation is 1. The van der Waals surface area contributed by atoms with Crippen molar-refractivity contribution >= 4 is 29.3 Å². The van der Waals surface area contributed by atoms with Crippen LogP contribution < -0.4 is 5.32 Å². The molecule has 2 N–H and O–H groups in total. The Hall–Kier alpha value is -3.42. The third-order valence-corrected chi connectivity index (χ3v) is 5.56. The molecule has 1 aliphatic rings. The number of rotatable bonds is 6. The second-order valence-corrected chi connectivity index (χ2v) is 7.75. The lowest BCUT2D eigenvalue weighted by atomic mass is 10.0. The van der Waals surface area contributed by atoms with Crippen molar-refractivity contribution in [2.45, 2.75) is 40.0 Å². The third kappa shape index (κ3) is 4.52. The Labute approximate surface area is 181 Å². The maximum atomic E-state index is 13.0. The zero-order chi connectivity index (χ0) is 22.7. The molecular weight excluding hydrogens is 398 g/mol. The number of Topliss-reactive ketones (excluding diaryl/α,β-unsaturated/α-hetero) is 1. The van der Waals surface area contributed by atoms with Crippen molar-refractivity contribution in [3.8, 4) is 0 Å². The topological polar surface area (TPSA) is 109 Å². The summed E-state index contributed by atoms with van der Waals surface area (Å²) in [5.41, 5.74) is 2.87. The molecule has 0 radical (unpaired) electrons. The van der Waals surface area contributed by atoms with Crippen molar-refractivity contribution < 1.29 is 23.9 Å². The number of nitrogens with zero attached hydrogens (tertiary/aromatic N) is 1. The van der Waals surface area contributed by atoms with Gasteiger partial charge in [0.05, 0.1) is 36.0 Å². The van der Waals surface area contributed by atoms with Gasteiger partial charge in [-0.3, -0.25) is 14.4 Å². The fourth-order valence-electron chi connectivity index (χ4n) is 4.01. The highest BCUT2D eigenvalue weighted by Gasteiger charge is 2.26. The number of H-pyrrole nitrogens is 1. The van der Waals surface area contributed by atoms with Gasteiger partial charge in [-0.15, -0.1) is 0 Å². The number of hydrogen-bond acceptors (Lipinski definition) is 5. The quantitative estimate of drug-likeness (QED) is 0.546. The first-order valence-electron chi connectivity index (χ1n) is 10.2. The number of aromatic amines is 1. The Morgan fingerprint density at radius 2 is 1.77 bits per heavy atom. The van der Waals surface area contributed by atoms with Crippen LogP contribution in [0.4, 0.5) is 5.69 Å². The van der Waals surface area contributed by atoms with Gasteiger partial charge in [-0.25, -0.2) is 4.79 Å². The fraction of sp³-hybridized carbons (Fsp3) is 0.391. The van der Waals surface area contributed by atoms with E-state index >= 15 is 0 Å². The molecule has 1 aliphatic heterocycles. The van der Waals surface area contributed by atoms with E-state index in [4.69, 9.17) is 4.74 Å². The van der Waals surface area contributed by atoms with Crippen molar-refractivity contribution in [2.75, 3.05) is 25.5 Å². The van der Waals surface area contributed by atoms with Crippen LogP contribution in [0.15, 0.2) is 18.2 Å². The van der Waals surface area contributed by atoms with Crippen molar-refractivity contribution in [1.29, 1.82) is 0 Å². The van der Waals surface area contributed by atoms with Crippen LogP contribution in [0.25, 0.3) is 0 Å². The lowest BCUT2D eigenvalue weighted by molar-refractivity contribution is -0.115. The lowest BCUT2D eigenvalue weighted by Gasteiger charge is -2.19. The molecule has 2 aromatic rings. The van der Waals surface area contributed by atoms with E-state index in [1.54, 1.807) is 24.0 Å². The van der Waals surface area contributed by atoms with Crippen LogP contribution in [0.5, 0.6) is 0 Å². The van der Waals surface area contributed by atoms with Gasteiger partial charge in [0.2, 0.25) is 5.91 Å². The maximum absolute atomic E-state index is 13.0. The molecule has 1 aromatic heterocycles. The van der Waals surface area contributed by atoms with Gasteiger partial charge in [-0.05, 0) is 43.9 Å². The van der Waals surface area contributed by atoms with Crippen LogP contribution in [0.1, 0.15) is 67.8 Å². The summed E-state index contributed by atoms with van der Waals surface area (Å²) in [4.78, 5) is 54.6. The molecular formula is C23H27N3O5. The molecule has 3 rings (SSSR count). The number of aromatic nitrogens is 1. The highest BCUT2D eigenvalue weighted by Crippen LogP contribution is 2.25. The van der Waals surface area contributed by atoms with Gasteiger partial charge in [0.15, 0.2) is 5.78 Å². The SMILES string of the molecule is COC(=O)c1c(CC(=O)Nc2cccc(C)c2C(=O)N2CCCC2)[nH]c(C(C)=O)c1C. The highest BCUT2D eigenvalue weighted by molar-refractivity contribution is 6.06. The average molecular weight is 425 g/mol. The Balaban J connectivity index is 1.88. The van der Waals surface area contributed by atoms with E-state index < -0.39 is 11.9 Å². The number of carbonyl (C=O) groups is 4. The number of hydrogen-bond donors (Lipinski definition) is 2. The van der Waals surface area contributed by atoms with Crippen LogP contribution in [0.2, 0.25) is 0 Å². The summed E-state index contributed by atoms with van der Waals surface area (Å²) in [6.07, 6.45) is 1.77. The summed E-state index contributed by atoms with van der Waals surface area (Å²) in [5.74, 6) is -1.38. The zero-order valence-electron chi connectivity index (χ0n) is 18.3. The number of carbonyl (C=O) groups excluding carboxylic acids is 4. The molecule has 0 bridgehead atoms. The molecule has 0 saturated carbocycles. The van der Waals surface area contributed by atoms with E-state index in [2.05, 4.69) is 10.3 Å². The highest BCUT2D eigenvalue weighted by atomic mass is 16.5. The first-order chi connectivity index (χ1) is 14.7. The van der Waals surface area contributed by atoms with E-state index in [-0.39, 0.29) is 29.4 Å². The maximum Gasteiger partial charge on any atom is 0.339 e. The fourth-order valence-corrected chi connectivity index (χ4v) is 4.01. The van der Waals surface area contributed by atoms with Crippen molar-refractivity contribution in [1.82, 2.24) is 9.88 Å². The molecule has 1 fully saturated rings. The first-order valence-corrected chi connectivity index (χ1v) is 10.2. The molecule has 0 spiro atoms. The van der Waals surface area contributed by atoms with E-state index in [0.717, 1.165) is 18.4 Å². The molecule has 31 heavy (non-hydrogen) atoms. The van der Waals surface area contributed by atoms with Gasteiger partial charge in [-0.2, -0.15) is 0 Å². The monoisotopic (exact) mass is 425 g/mol. The number of anilines is 1. The second kappa shape index (κ2) is 9.16. The molecule has 0 aliphatic carbocycles. The number of ether oxygens (including phenoxy) is 1. The summed E-state index contributed by atoms with van der Waals surface area (Å²) >= 11 is 0. The van der Waals surface area contributed by atoms with Gasteiger partial charge < -0.3 is 19.9 Å². The van der Waals surface area contributed by atoms with Gasteiger partial charge >= 0.3 is 5.97 Å². The van der Waals surface area contributed by atoms with Crippen molar-refractivity contribution in [3.05, 3.63) is 51.8 Å². The molecule has 0 atom stereocenters. The molecule has 2 amide bonds. The molecule has 1 aromatic carbocycles. The number of amides is 2. The zero-order valence-corrected chi connectivity index (χ0v) is 18.3. The van der Waals surface area contributed by atoms with E-state index in [9.17, 15) is 19.2 Å². The molecule has 8 heteroatoms. The minimum absolute atomic E-state index is 0.101. The van der Waals surface area contributed by atoms with Crippen LogP contribution in [0.3, 0.4) is 0 Å². The Morgan fingerprint density at radius 3 is 2.39 bits per heavy atom. The Morgan fingerprint density at radius 1 is 1.10 bits per heavy atom. The molecule has 164 valence electrons. The van der Waals surface area contributed by atoms with Crippen LogP contribution in [0, 0.1) is 13.8 Å². The largest absolute Gasteiger partial charge is 0.465 e. The normalized spacial score (nSPS) is 13.2. The lowest BCUT2D eigenvalue weighted by Crippen LogP contribution is -2.29. The number of nitrogens with one attached hydrogen (secondary N) is 2. The van der Waals surface area contributed by atoms with Gasteiger partial charge in [-0.1, -0.05) is 12.1 Å². The average Bonchev–Trinajstić information content (AvgIpc) is 3.35. The van der Waals surface area contributed by atoms with Crippen molar-refractivity contribution in [2.24, 2.45) is 0 Å². The standard InChI is InChI=1S/C23H27N3O5/c1-13-8-7-9-16(19(13)22(29)26-10-5-6-11-26)24-18(28)12-17-20(23(30)31-4)14(2)21(25-17)15(3)27/h7-9,25H,5-6,10-12H2,1-4H3,(H,24,28). The van der Waals surface area contributed by atoms with Gasteiger partial charge in [0.1, 0.15) is 0 Å². The van der Waals surface area contributed by atoms with Crippen LogP contribution in [-0.4, -0.2) is 53.7 Å². The molecule has 1 saturated heterocycles. The van der Waals surface area contributed by atoms with E-state index in [0.29, 0.717) is 35.6 Å². The van der Waals surface area contributed by atoms with E-state index in [1.807, 2.05) is 13.0 Å². The Bertz CT molecular complexity index is 1050. The number of esters is 1. The van der Waals surface area contributed by atoms with Crippen molar-refractivity contribution in [3.63, 3.8) is 0 Å². The number of ketones is 1. The number of benzene rings is 1. The molecule has 8 nitrogen and oxygen atoms in total. The summed E-state index contributed by atoms with van der Waals surface area (Å²) < 4.78 is 4.82. The smallest absolute Gasteiger partial charge is 0.339 e. The molecule has 2 heterocycles. The van der Waals surface area contributed by atoms with Gasteiger partial charge in [0.25, 0.3) is 5.91 Å². The predicted octanol–water partition coefficient (Wildman–Crippen LogP) is 3.04. The number of methoxy groups -OCH3 is 1. The van der Waals surface area contributed by atoms with Gasteiger partial charge in [0, 0.05) is 25.7 Å². The predicted molar refractivity (Wildman–Crippen MR) is 116 cm³/mol. The minimum atomic E-state index is -0.621. The summed E-state index contributed by atoms with van der Waals surface area (Å²) in [5, 5.41) is 2.80. The second-order valence-electron chi connectivity index (χ2n) is 7.75. The summed E-state index contributed by atoms with van der Waals surface area (Å²) in [6.45, 7) is 6.26. The van der Waals surface area contributed by atoms with Crippen LogP contribution >= 0.6 is 0 Å². The first kappa shape index (κ1) is 22.3.